The van der Waals surface area contributed by atoms with Crippen LogP contribution in [0.25, 0.3) is 0 Å². The first-order valence-electron chi connectivity index (χ1n) is 6.43. The first kappa shape index (κ1) is 13.4. The summed E-state index contributed by atoms with van der Waals surface area (Å²) < 4.78 is 0. The van der Waals surface area contributed by atoms with Crippen LogP contribution in [0.2, 0.25) is 0 Å². The van der Waals surface area contributed by atoms with E-state index in [4.69, 9.17) is 5.73 Å². The third-order valence-electron chi connectivity index (χ3n) is 2.90. The SMILES string of the molecule is CCCNC(c1ccncn1)c1cc(C)cnc1N. The van der Waals surface area contributed by atoms with Gasteiger partial charge in [0.15, 0.2) is 0 Å². The highest BCUT2D eigenvalue weighted by molar-refractivity contribution is 5.45. The lowest BCUT2D eigenvalue weighted by Crippen LogP contribution is -2.25. The molecule has 2 aromatic rings. The van der Waals surface area contributed by atoms with E-state index in [0.717, 1.165) is 29.8 Å². The van der Waals surface area contributed by atoms with Crippen molar-refractivity contribution >= 4 is 5.82 Å². The molecule has 2 aromatic heterocycles. The summed E-state index contributed by atoms with van der Waals surface area (Å²) >= 11 is 0. The number of hydrogen-bond acceptors (Lipinski definition) is 5. The molecule has 3 N–H and O–H groups in total. The van der Waals surface area contributed by atoms with Gasteiger partial charge in [-0.1, -0.05) is 6.92 Å². The van der Waals surface area contributed by atoms with E-state index in [1.165, 1.54) is 0 Å². The number of nitrogen functional groups attached to an aromatic ring is 1. The van der Waals surface area contributed by atoms with Gasteiger partial charge in [-0.2, -0.15) is 0 Å². The molecule has 1 unspecified atom stereocenters. The number of nitrogens with zero attached hydrogens (tertiary/aromatic N) is 3. The molecule has 1 atom stereocenters. The van der Waals surface area contributed by atoms with Crippen LogP contribution in [0.5, 0.6) is 0 Å². The second-order valence-electron chi connectivity index (χ2n) is 4.51. The average Bonchev–Trinajstić information content (AvgIpc) is 2.44. The Morgan fingerprint density at radius 1 is 1.37 bits per heavy atom. The molecule has 2 rings (SSSR count). The molecule has 5 nitrogen and oxygen atoms in total. The van der Waals surface area contributed by atoms with Gasteiger partial charge in [0.2, 0.25) is 0 Å². The molecule has 0 fully saturated rings. The number of pyridine rings is 1. The summed E-state index contributed by atoms with van der Waals surface area (Å²) in [5, 5.41) is 3.46. The van der Waals surface area contributed by atoms with Crippen molar-refractivity contribution in [3.63, 3.8) is 0 Å². The van der Waals surface area contributed by atoms with E-state index in [0.29, 0.717) is 5.82 Å². The number of aromatic nitrogens is 3. The number of nitrogens with one attached hydrogen (secondary N) is 1. The smallest absolute Gasteiger partial charge is 0.128 e. The summed E-state index contributed by atoms with van der Waals surface area (Å²) in [5.74, 6) is 0.540. The molecule has 5 heteroatoms. The van der Waals surface area contributed by atoms with Gasteiger partial charge in [-0.25, -0.2) is 15.0 Å². The maximum absolute atomic E-state index is 6.00. The van der Waals surface area contributed by atoms with Crippen LogP contribution in [0.1, 0.15) is 36.2 Å². The van der Waals surface area contributed by atoms with E-state index in [9.17, 15) is 0 Å². The van der Waals surface area contributed by atoms with Crippen molar-refractivity contribution in [1.82, 2.24) is 20.3 Å². The highest BCUT2D eigenvalue weighted by Crippen LogP contribution is 2.24. The van der Waals surface area contributed by atoms with Crippen LogP contribution in [-0.4, -0.2) is 21.5 Å². The van der Waals surface area contributed by atoms with E-state index in [1.54, 1.807) is 18.7 Å². The molecule has 0 saturated heterocycles. The molecule has 0 radical (unpaired) electrons. The second kappa shape index (κ2) is 6.24. The minimum Gasteiger partial charge on any atom is -0.383 e. The molecule has 19 heavy (non-hydrogen) atoms. The van der Waals surface area contributed by atoms with Crippen LogP contribution in [0.3, 0.4) is 0 Å². The number of hydrogen-bond donors (Lipinski definition) is 2. The lowest BCUT2D eigenvalue weighted by Gasteiger charge is -2.19. The molecule has 0 aliphatic carbocycles. The van der Waals surface area contributed by atoms with Crippen molar-refractivity contribution in [2.45, 2.75) is 26.3 Å². The van der Waals surface area contributed by atoms with Crippen molar-refractivity contribution < 1.29 is 0 Å². The van der Waals surface area contributed by atoms with E-state index < -0.39 is 0 Å². The Hall–Kier alpha value is -2.01. The Morgan fingerprint density at radius 3 is 2.89 bits per heavy atom. The van der Waals surface area contributed by atoms with Gasteiger partial charge in [-0.3, -0.25) is 0 Å². The van der Waals surface area contributed by atoms with Gasteiger partial charge >= 0.3 is 0 Å². The highest BCUT2D eigenvalue weighted by atomic mass is 15.0. The molecule has 0 aliphatic heterocycles. The third-order valence-corrected chi connectivity index (χ3v) is 2.90. The lowest BCUT2D eigenvalue weighted by molar-refractivity contribution is 0.585. The van der Waals surface area contributed by atoms with Gasteiger partial charge in [0, 0.05) is 18.0 Å². The quantitative estimate of drug-likeness (QED) is 0.854. The minimum absolute atomic E-state index is 0.0460. The summed E-state index contributed by atoms with van der Waals surface area (Å²) in [5.41, 5.74) is 8.96. The molecular weight excluding hydrogens is 238 g/mol. The van der Waals surface area contributed by atoms with Crippen molar-refractivity contribution in [2.24, 2.45) is 0 Å². The molecule has 0 spiro atoms. The zero-order valence-corrected chi connectivity index (χ0v) is 11.3. The van der Waals surface area contributed by atoms with Crippen molar-refractivity contribution in [1.29, 1.82) is 0 Å². The van der Waals surface area contributed by atoms with E-state index in [2.05, 4.69) is 33.3 Å². The van der Waals surface area contributed by atoms with Gasteiger partial charge in [-0.15, -0.1) is 0 Å². The average molecular weight is 257 g/mol. The second-order valence-corrected chi connectivity index (χ2v) is 4.51. The predicted octanol–water partition coefficient (Wildman–Crippen LogP) is 1.85. The fourth-order valence-electron chi connectivity index (χ4n) is 1.97. The number of anilines is 1. The highest BCUT2D eigenvalue weighted by Gasteiger charge is 2.18. The van der Waals surface area contributed by atoms with Crippen LogP contribution >= 0.6 is 0 Å². The van der Waals surface area contributed by atoms with Crippen molar-refractivity contribution in [3.8, 4) is 0 Å². The van der Waals surface area contributed by atoms with Gasteiger partial charge in [0.25, 0.3) is 0 Å². The van der Waals surface area contributed by atoms with Gasteiger partial charge < -0.3 is 11.1 Å². The normalized spacial score (nSPS) is 12.3. The fraction of sp³-hybridized carbons (Fsp3) is 0.357. The van der Waals surface area contributed by atoms with Crippen molar-refractivity contribution in [2.75, 3.05) is 12.3 Å². The molecule has 0 bridgehead atoms. The Kier molecular flexibility index (Phi) is 4.41. The van der Waals surface area contributed by atoms with Crippen molar-refractivity contribution in [3.05, 3.63) is 47.7 Å². The van der Waals surface area contributed by atoms with Crippen LogP contribution in [0.15, 0.2) is 30.9 Å². The lowest BCUT2D eigenvalue weighted by atomic mass is 10.0. The van der Waals surface area contributed by atoms with Gasteiger partial charge in [-0.05, 0) is 37.6 Å². The zero-order valence-electron chi connectivity index (χ0n) is 11.3. The molecule has 0 saturated carbocycles. The van der Waals surface area contributed by atoms with Gasteiger partial charge in [0.05, 0.1) is 11.7 Å². The molecule has 2 heterocycles. The van der Waals surface area contributed by atoms with Crippen LogP contribution in [0.4, 0.5) is 5.82 Å². The number of rotatable bonds is 5. The first-order chi connectivity index (χ1) is 9.22. The molecule has 100 valence electrons. The Morgan fingerprint density at radius 2 is 2.21 bits per heavy atom. The van der Waals surface area contributed by atoms with E-state index in [1.807, 2.05) is 13.0 Å². The van der Waals surface area contributed by atoms with Crippen LogP contribution in [0, 0.1) is 6.92 Å². The number of aryl methyl sites for hydroxylation is 1. The maximum atomic E-state index is 6.00. The topological polar surface area (TPSA) is 76.7 Å². The van der Waals surface area contributed by atoms with Crippen LogP contribution < -0.4 is 11.1 Å². The largest absolute Gasteiger partial charge is 0.383 e. The van der Waals surface area contributed by atoms with Crippen LogP contribution in [-0.2, 0) is 0 Å². The summed E-state index contributed by atoms with van der Waals surface area (Å²) in [6, 6.07) is 3.91. The molecule has 0 aromatic carbocycles. The fourth-order valence-corrected chi connectivity index (χ4v) is 1.97. The summed E-state index contributed by atoms with van der Waals surface area (Å²) in [6.07, 6.45) is 6.11. The summed E-state index contributed by atoms with van der Waals surface area (Å²) in [7, 11) is 0. The molecule has 0 aliphatic rings. The minimum atomic E-state index is -0.0460. The van der Waals surface area contributed by atoms with Gasteiger partial charge in [0.1, 0.15) is 12.1 Å². The predicted molar refractivity (Wildman–Crippen MR) is 75.6 cm³/mol. The Labute approximate surface area is 113 Å². The molecule has 0 amide bonds. The molecular formula is C14H19N5. The first-order valence-corrected chi connectivity index (χ1v) is 6.43. The Bertz CT molecular complexity index is 527. The summed E-state index contributed by atoms with van der Waals surface area (Å²) in [4.78, 5) is 12.5. The Balaban J connectivity index is 2.40. The third kappa shape index (κ3) is 3.26. The monoisotopic (exact) mass is 257 g/mol. The van der Waals surface area contributed by atoms with E-state index >= 15 is 0 Å². The number of nitrogens with two attached hydrogens (primary N) is 1. The summed E-state index contributed by atoms with van der Waals surface area (Å²) in [6.45, 7) is 5.02. The van der Waals surface area contributed by atoms with E-state index in [-0.39, 0.29) is 6.04 Å². The standard InChI is InChI=1S/C14H19N5/c1-3-5-17-13(12-4-6-16-9-19-12)11-7-10(2)8-18-14(11)15/h4,6-9,13,17H,3,5H2,1-2H3,(H2,15,18). The maximum Gasteiger partial charge on any atom is 0.128 e. The zero-order chi connectivity index (χ0) is 13.7.